The van der Waals surface area contributed by atoms with Crippen LogP contribution in [-0.2, 0) is 0 Å². The Labute approximate surface area is 142 Å². The van der Waals surface area contributed by atoms with Crippen molar-refractivity contribution in [2.75, 3.05) is 39.0 Å². The number of hydrogen-bond acceptors (Lipinski definition) is 7. The molecule has 0 aromatic carbocycles. The van der Waals surface area contributed by atoms with Crippen molar-refractivity contribution in [3.8, 4) is 0 Å². The van der Waals surface area contributed by atoms with Gasteiger partial charge in [-0.15, -0.1) is 0 Å². The summed E-state index contributed by atoms with van der Waals surface area (Å²) < 4.78 is 0. The second-order valence-electron chi connectivity index (χ2n) is 6.67. The first-order chi connectivity index (χ1) is 11.3. The number of likely N-dealkylation sites (tertiary alicyclic amines) is 1. The summed E-state index contributed by atoms with van der Waals surface area (Å²) in [7, 11) is 0. The van der Waals surface area contributed by atoms with Crippen LogP contribution < -0.4 is 10.7 Å². The number of aliphatic imine (C=N–C) groups is 2. The lowest BCUT2D eigenvalue weighted by Crippen LogP contribution is -2.45. The van der Waals surface area contributed by atoms with Gasteiger partial charge in [0.1, 0.15) is 0 Å². The van der Waals surface area contributed by atoms with Crippen molar-refractivity contribution in [1.29, 1.82) is 0 Å². The molecule has 1 aliphatic carbocycles. The third kappa shape index (κ3) is 3.27. The summed E-state index contributed by atoms with van der Waals surface area (Å²) in [5.74, 6) is 0.835. The Morgan fingerprint density at radius 3 is 2.96 bits per heavy atom. The average molecular weight is 334 g/mol. The summed E-state index contributed by atoms with van der Waals surface area (Å²) >= 11 is 1.64. The molecule has 23 heavy (non-hydrogen) atoms. The molecule has 1 unspecified atom stereocenters. The van der Waals surface area contributed by atoms with Gasteiger partial charge in [-0.2, -0.15) is 4.99 Å². The number of hydrogen-bond donors (Lipinski definition) is 2. The molecule has 4 aliphatic rings. The quantitative estimate of drug-likeness (QED) is 0.814. The molecule has 3 aliphatic heterocycles. The molecular weight excluding hydrogens is 308 g/mol. The van der Waals surface area contributed by atoms with Gasteiger partial charge in [0.2, 0.25) is 5.96 Å². The van der Waals surface area contributed by atoms with E-state index in [0.29, 0.717) is 6.04 Å². The van der Waals surface area contributed by atoms with E-state index in [0.717, 1.165) is 30.8 Å². The van der Waals surface area contributed by atoms with Gasteiger partial charge in [0.15, 0.2) is 5.17 Å². The van der Waals surface area contributed by atoms with E-state index in [2.05, 4.69) is 25.6 Å². The largest absolute Gasteiger partial charge is 0.307 e. The van der Waals surface area contributed by atoms with Gasteiger partial charge < -0.3 is 10.2 Å². The van der Waals surface area contributed by atoms with Crippen LogP contribution in [0.15, 0.2) is 21.3 Å². The summed E-state index contributed by atoms with van der Waals surface area (Å²) in [5, 5.41) is 6.78. The van der Waals surface area contributed by atoms with E-state index in [1.807, 2.05) is 6.26 Å². The highest BCUT2D eigenvalue weighted by molar-refractivity contribution is 8.13. The Morgan fingerprint density at radius 1 is 1.26 bits per heavy atom. The zero-order valence-corrected chi connectivity index (χ0v) is 14.7. The third-order valence-electron chi connectivity index (χ3n) is 5.12. The predicted octanol–water partition coefficient (Wildman–Crippen LogP) is 1.39. The minimum absolute atomic E-state index is 0.407. The van der Waals surface area contributed by atoms with Gasteiger partial charge in [0.05, 0.1) is 12.2 Å². The Bertz CT molecular complexity index is 549. The van der Waals surface area contributed by atoms with Crippen LogP contribution in [0.3, 0.4) is 0 Å². The van der Waals surface area contributed by atoms with Crippen LogP contribution in [0.1, 0.15) is 32.1 Å². The SMILES string of the molecule is CSC1=NC2=NC3=C(CCCC3NCCN3CCCC3)CN2N1. The van der Waals surface area contributed by atoms with Crippen LogP contribution >= 0.6 is 11.8 Å². The highest BCUT2D eigenvalue weighted by atomic mass is 32.2. The number of amidine groups is 1. The first-order valence-corrected chi connectivity index (χ1v) is 9.99. The standard InChI is InChI=1S/C16H26N6S/c1-23-16-19-15-18-14-12(11-22(15)20-16)5-4-6-13(14)17-7-10-21-8-2-3-9-21/h13,17H,2-11H2,1H3,(H,18,19,20). The van der Waals surface area contributed by atoms with Crippen LogP contribution in [0.25, 0.3) is 0 Å². The Kier molecular flexibility index (Phi) is 4.59. The van der Waals surface area contributed by atoms with Crippen LogP contribution in [-0.4, -0.2) is 66.1 Å². The third-order valence-corrected chi connectivity index (χ3v) is 5.69. The summed E-state index contributed by atoms with van der Waals surface area (Å²) in [5.41, 5.74) is 6.06. The zero-order valence-electron chi connectivity index (χ0n) is 13.8. The second kappa shape index (κ2) is 6.83. The average Bonchev–Trinajstić information content (AvgIpc) is 3.21. The van der Waals surface area contributed by atoms with Crippen molar-refractivity contribution < 1.29 is 0 Å². The smallest absolute Gasteiger partial charge is 0.247 e. The van der Waals surface area contributed by atoms with Gasteiger partial charge in [0, 0.05) is 19.1 Å². The fraction of sp³-hybridized carbons (Fsp3) is 0.750. The van der Waals surface area contributed by atoms with E-state index < -0.39 is 0 Å². The summed E-state index contributed by atoms with van der Waals surface area (Å²) in [6.45, 7) is 5.70. The molecule has 0 aromatic heterocycles. The zero-order chi connectivity index (χ0) is 15.6. The molecule has 0 bridgehead atoms. The van der Waals surface area contributed by atoms with Crippen molar-refractivity contribution in [3.63, 3.8) is 0 Å². The number of guanidine groups is 1. The molecule has 0 spiro atoms. The normalized spacial score (nSPS) is 27.5. The van der Waals surface area contributed by atoms with Crippen LogP contribution in [0, 0.1) is 0 Å². The molecule has 1 fully saturated rings. The molecule has 126 valence electrons. The topological polar surface area (TPSA) is 55.3 Å². The minimum atomic E-state index is 0.407. The molecule has 0 saturated carbocycles. The highest BCUT2D eigenvalue weighted by Crippen LogP contribution is 2.31. The van der Waals surface area contributed by atoms with E-state index in [4.69, 9.17) is 4.99 Å². The van der Waals surface area contributed by atoms with Crippen LogP contribution in [0.5, 0.6) is 0 Å². The van der Waals surface area contributed by atoms with E-state index in [-0.39, 0.29) is 0 Å². The minimum Gasteiger partial charge on any atom is -0.307 e. The molecule has 3 heterocycles. The molecule has 7 heteroatoms. The van der Waals surface area contributed by atoms with Gasteiger partial charge in [-0.05, 0) is 57.0 Å². The lowest BCUT2D eigenvalue weighted by Gasteiger charge is -2.33. The molecular formula is C16H26N6S. The molecule has 0 radical (unpaired) electrons. The number of thioether (sulfide) groups is 1. The Balaban J connectivity index is 1.41. The van der Waals surface area contributed by atoms with Crippen molar-refractivity contribution in [2.45, 2.75) is 38.1 Å². The maximum atomic E-state index is 4.88. The summed E-state index contributed by atoms with van der Waals surface area (Å²) in [6.07, 6.45) is 8.40. The lowest BCUT2D eigenvalue weighted by molar-refractivity contribution is 0.323. The van der Waals surface area contributed by atoms with Crippen molar-refractivity contribution in [3.05, 3.63) is 11.3 Å². The molecule has 1 saturated heterocycles. The number of hydrazine groups is 1. The van der Waals surface area contributed by atoms with Gasteiger partial charge in [-0.1, -0.05) is 11.8 Å². The maximum absolute atomic E-state index is 4.88. The number of nitrogens with one attached hydrogen (secondary N) is 2. The fourth-order valence-corrected chi connectivity index (χ4v) is 4.25. The number of rotatable bonds is 4. The van der Waals surface area contributed by atoms with Crippen LogP contribution in [0.2, 0.25) is 0 Å². The Hall–Kier alpha value is -1.05. The van der Waals surface area contributed by atoms with Gasteiger partial charge in [-0.25, -0.2) is 10.0 Å². The Morgan fingerprint density at radius 2 is 2.13 bits per heavy atom. The van der Waals surface area contributed by atoms with Crippen molar-refractivity contribution >= 4 is 22.9 Å². The predicted molar refractivity (Wildman–Crippen MR) is 96.6 cm³/mol. The number of nitrogens with zero attached hydrogens (tertiary/aromatic N) is 4. The van der Waals surface area contributed by atoms with E-state index in [1.165, 1.54) is 56.5 Å². The first-order valence-electron chi connectivity index (χ1n) is 8.77. The molecule has 2 N–H and O–H groups in total. The second-order valence-corrected chi connectivity index (χ2v) is 7.46. The molecule has 4 rings (SSSR count). The molecule has 1 atom stereocenters. The van der Waals surface area contributed by atoms with Crippen LogP contribution in [0.4, 0.5) is 0 Å². The molecule has 0 aromatic rings. The van der Waals surface area contributed by atoms with Crippen molar-refractivity contribution in [2.24, 2.45) is 9.98 Å². The summed E-state index contributed by atoms with van der Waals surface area (Å²) in [4.78, 5) is 12.0. The first kappa shape index (κ1) is 15.5. The van der Waals surface area contributed by atoms with Crippen molar-refractivity contribution in [1.82, 2.24) is 20.7 Å². The summed E-state index contributed by atoms with van der Waals surface area (Å²) in [6, 6.07) is 0.407. The van der Waals surface area contributed by atoms with Gasteiger partial charge in [0.25, 0.3) is 0 Å². The monoisotopic (exact) mass is 334 g/mol. The maximum Gasteiger partial charge on any atom is 0.247 e. The van der Waals surface area contributed by atoms with E-state index >= 15 is 0 Å². The molecule has 0 amide bonds. The highest BCUT2D eigenvalue weighted by Gasteiger charge is 2.32. The fourth-order valence-electron chi connectivity index (χ4n) is 3.88. The van der Waals surface area contributed by atoms with E-state index in [1.54, 1.807) is 11.8 Å². The van der Waals surface area contributed by atoms with Gasteiger partial charge in [-0.3, -0.25) is 5.43 Å². The lowest BCUT2D eigenvalue weighted by atomic mass is 9.91. The van der Waals surface area contributed by atoms with Gasteiger partial charge >= 0.3 is 0 Å². The number of fused-ring (bicyclic) bond motifs is 1. The van der Waals surface area contributed by atoms with E-state index in [9.17, 15) is 0 Å². The molecule has 6 nitrogen and oxygen atoms in total.